The minimum atomic E-state index is -0.999. The molecule has 1 amide bonds. The number of hydrogen-bond acceptors (Lipinski definition) is 4. The summed E-state index contributed by atoms with van der Waals surface area (Å²) in [5, 5.41) is 2.78. The highest BCUT2D eigenvalue weighted by atomic mass is 16.5. The summed E-state index contributed by atoms with van der Waals surface area (Å²) in [5.41, 5.74) is 4.21. The van der Waals surface area contributed by atoms with E-state index in [2.05, 4.69) is 17.4 Å². The lowest BCUT2D eigenvalue weighted by molar-refractivity contribution is -0.154. The van der Waals surface area contributed by atoms with Crippen LogP contribution in [0.5, 0.6) is 0 Å². The molecule has 1 fully saturated rings. The summed E-state index contributed by atoms with van der Waals surface area (Å²) >= 11 is 0. The van der Waals surface area contributed by atoms with Crippen molar-refractivity contribution in [2.75, 3.05) is 6.61 Å². The van der Waals surface area contributed by atoms with Crippen molar-refractivity contribution >= 4 is 17.7 Å². The second-order valence-corrected chi connectivity index (χ2v) is 8.03. The van der Waals surface area contributed by atoms with Gasteiger partial charge in [-0.05, 0) is 47.6 Å². The van der Waals surface area contributed by atoms with Crippen LogP contribution >= 0.6 is 0 Å². The molecule has 0 bridgehead atoms. The molecule has 5 heteroatoms. The van der Waals surface area contributed by atoms with Crippen molar-refractivity contribution in [1.82, 2.24) is 5.32 Å². The van der Waals surface area contributed by atoms with Crippen LogP contribution in [0.25, 0.3) is 11.1 Å². The third-order valence-corrected chi connectivity index (χ3v) is 5.97. The number of ether oxygens (including phenoxy) is 1. The molecule has 0 spiro atoms. The Morgan fingerprint density at radius 1 is 0.966 bits per heavy atom. The molecule has 0 radical (unpaired) electrons. The molecule has 0 atom stereocenters. The first-order valence-corrected chi connectivity index (χ1v) is 10.2. The lowest BCUT2D eigenvalue weighted by Crippen LogP contribution is -2.56. The largest absolute Gasteiger partial charge is 0.456 e. The zero-order valence-corrected chi connectivity index (χ0v) is 16.6. The molecule has 2 aromatic carbocycles. The van der Waals surface area contributed by atoms with Gasteiger partial charge in [0.25, 0.3) is 0 Å². The Bertz CT molecular complexity index is 973. The fourth-order valence-corrected chi connectivity index (χ4v) is 4.52. The number of amides is 1. The average molecular weight is 391 g/mol. The van der Waals surface area contributed by atoms with E-state index in [1.54, 1.807) is 6.07 Å². The van der Waals surface area contributed by atoms with Gasteiger partial charge in [0.1, 0.15) is 5.54 Å². The van der Waals surface area contributed by atoms with Gasteiger partial charge in [-0.25, -0.2) is 4.79 Å². The maximum atomic E-state index is 12.8. The van der Waals surface area contributed by atoms with Crippen molar-refractivity contribution < 1.29 is 19.1 Å². The fourth-order valence-electron chi connectivity index (χ4n) is 4.52. The number of carbonyl (C=O) groups excluding carboxylic acids is 3. The number of Topliss-reactive ketones (excluding diaryl/α,β-unsaturated/α-hetero) is 1. The van der Waals surface area contributed by atoms with Crippen LogP contribution in [0.2, 0.25) is 0 Å². The highest BCUT2D eigenvalue weighted by Crippen LogP contribution is 2.37. The van der Waals surface area contributed by atoms with E-state index in [4.69, 9.17) is 4.74 Å². The van der Waals surface area contributed by atoms with Gasteiger partial charge in [-0.3, -0.25) is 9.59 Å². The Labute approximate surface area is 170 Å². The lowest BCUT2D eigenvalue weighted by Gasteiger charge is -2.35. The number of fused-ring (bicyclic) bond motifs is 3. The van der Waals surface area contributed by atoms with Crippen LogP contribution < -0.4 is 5.32 Å². The molecule has 0 unspecified atom stereocenters. The van der Waals surface area contributed by atoms with Crippen molar-refractivity contribution in [2.24, 2.45) is 0 Å². The van der Waals surface area contributed by atoms with Gasteiger partial charge in [0, 0.05) is 12.5 Å². The molecular formula is C24H25NO4. The summed E-state index contributed by atoms with van der Waals surface area (Å²) in [7, 11) is 0. The minimum Gasteiger partial charge on any atom is -0.456 e. The number of carbonyl (C=O) groups is 3. The molecule has 0 aliphatic heterocycles. The zero-order valence-electron chi connectivity index (χ0n) is 16.6. The van der Waals surface area contributed by atoms with Crippen molar-refractivity contribution in [1.29, 1.82) is 0 Å². The van der Waals surface area contributed by atoms with Gasteiger partial charge < -0.3 is 10.1 Å². The molecule has 5 nitrogen and oxygen atoms in total. The average Bonchev–Trinajstić information content (AvgIpc) is 3.09. The Morgan fingerprint density at radius 3 is 2.45 bits per heavy atom. The maximum Gasteiger partial charge on any atom is 0.332 e. The third-order valence-electron chi connectivity index (χ3n) is 5.97. The van der Waals surface area contributed by atoms with Gasteiger partial charge in [-0.1, -0.05) is 55.7 Å². The summed E-state index contributed by atoms with van der Waals surface area (Å²) < 4.78 is 5.39. The third kappa shape index (κ3) is 3.82. The first-order valence-electron chi connectivity index (χ1n) is 10.2. The quantitative estimate of drug-likeness (QED) is 0.530. The SMILES string of the molecule is CC(=O)NC1(C(=O)OCC(=O)c2ccc3c(c2)-c2ccccc2C3)CCCCC1. The highest BCUT2D eigenvalue weighted by Gasteiger charge is 2.42. The number of rotatable bonds is 5. The Kier molecular flexibility index (Phi) is 5.22. The van der Waals surface area contributed by atoms with Crippen LogP contribution in [-0.2, 0) is 20.7 Å². The predicted molar refractivity (Wildman–Crippen MR) is 110 cm³/mol. The number of hydrogen-bond donors (Lipinski definition) is 1. The topological polar surface area (TPSA) is 72.5 Å². The second-order valence-electron chi connectivity index (χ2n) is 8.03. The summed E-state index contributed by atoms with van der Waals surface area (Å²) in [6.07, 6.45) is 4.71. The van der Waals surface area contributed by atoms with E-state index in [9.17, 15) is 14.4 Å². The molecule has 29 heavy (non-hydrogen) atoms. The Balaban J connectivity index is 1.46. The molecule has 0 aromatic heterocycles. The Morgan fingerprint density at radius 2 is 1.69 bits per heavy atom. The van der Waals surface area contributed by atoms with E-state index in [1.807, 2.05) is 24.3 Å². The number of nitrogens with one attached hydrogen (secondary N) is 1. The van der Waals surface area contributed by atoms with Gasteiger partial charge in [-0.2, -0.15) is 0 Å². The van der Waals surface area contributed by atoms with Crippen LogP contribution in [0.1, 0.15) is 60.5 Å². The standard InChI is InChI=1S/C24H25NO4/c1-16(26)25-24(11-5-2-6-12-24)23(28)29-15-22(27)19-10-9-18-13-17-7-3-4-8-20(17)21(18)14-19/h3-4,7-10,14H,2,5-6,11-13,15H2,1H3,(H,25,26). The monoisotopic (exact) mass is 391 g/mol. The first-order chi connectivity index (χ1) is 14.0. The van der Waals surface area contributed by atoms with Gasteiger partial charge in [0.2, 0.25) is 5.91 Å². The van der Waals surface area contributed by atoms with Crippen molar-refractivity contribution in [2.45, 2.75) is 51.0 Å². The minimum absolute atomic E-state index is 0.237. The molecule has 0 heterocycles. The normalized spacial score (nSPS) is 16.4. The van der Waals surface area contributed by atoms with Gasteiger partial charge in [-0.15, -0.1) is 0 Å². The first kappa shape index (κ1) is 19.4. The maximum absolute atomic E-state index is 12.8. The highest BCUT2D eigenvalue weighted by molar-refractivity contribution is 6.00. The van der Waals surface area contributed by atoms with Gasteiger partial charge >= 0.3 is 5.97 Å². The second kappa shape index (κ2) is 7.82. The van der Waals surface area contributed by atoms with E-state index in [0.717, 1.165) is 36.8 Å². The van der Waals surface area contributed by atoms with Gasteiger partial charge in [0.15, 0.2) is 12.4 Å². The van der Waals surface area contributed by atoms with E-state index < -0.39 is 11.5 Å². The smallest absolute Gasteiger partial charge is 0.332 e. The summed E-state index contributed by atoms with van der Waals surface area (Å²) in [5.74, 6) is -1.00. The summed E-state index contributed by atoms with van der Waals surface area (Å²) in [6.45, 7) is 1.08. The van der Waals surface area contributed by atoms with Crippen molar-refractivity contribution in [3.63, 3.8) is 0 Å². The zero-order chi connectivity index (χ0) is 20.4. The molecule has 2 aliphatic carbocycles. The molecule has 0 saturated heterocycles. The molecule has 1 saturated carbocycles. The number of ketones is 1. The number of benzene rings is 2. The molecule has 2 aliphatic rings. The summed E-state index contributed by atoms with van der Waals surface area (Å²) in [4.78, 5) is 37.1. The van der Waals surface area contributed by atoms with E-state index >= 15 is 0 Å². The van der Waals surface area contributed by atoms with Crippen molar-refractivity contribution in [3.05, 3.63) is 59.2 Å². The fraction of sp³-hybridized carbons (Fsp3) is 0.375. The van der Waals surface area contributed by atoms with E-state index in [0.29, 0.717) is 18.4 Å². The Hall–Kier alpha value is -2.95. The van der Waals surface area contributed by atoms with Crippen molar-refractivity contribution in [3.8, 4) is 11.1 Å². The lowest BCUT2D eigenvalue weighted by atomic mass is 9.81. The molecule has 1 N–H and O–H groups in total. The molecular weight excluding hydrogens is 366 g/mol. The van der Waals surface area contributed by atoms with Gasteiger partial charge in [0.05, 0.1) is 0 Å². The van der Waals surface area contributed by atoms with E-state index in [-0.39, 0.29) is 18.3 Å². The molecule has 150 valence electrons. The van der Waals surface area contributed by atoms with Crippen LogP contribution in [0, 0.1) is 0 Å². The number of esters is 1. The summed E-state index contributed by atoms with van der Waals surface area (Å²) in [6, 6.07) is 13.8. The molecule has 4 rings (SSSR count). The van der Waals surface area contributed by atoms with E-state index in [1.165, 1.54) is 18.1 Å². The van der Waals surface area contributed by atoms with Crippen LogP contribution in [0.3, 0.4) is 0 Å². The predicted octanol–water partition coefficient (Wildman–Crippen LogP) is 3.82. The van der Waals surface area contributed by atoms with Crippen LogP contribution in [-0.4, -0.2) is 29.8 Å². The van der Waals surface area contributed by atoms with Crippen LogP contribution in [0.15, 0.2) is 42.5 Å². The molecule has 2 aromatic rings. The van der Waals surface area contributed by atoms with Crippen LogP contribution in [0.4, 0.5) is 0 Å².